The Morgan fingerprint density at radius 3 is 2.65 bits per heavy atom. The van der Waals surface area contributed by atoms with E-state index in [4.69, 9.17) is 5.26 Å². The second-order valence-electron chi connectivity index (χ2n) is 4.48. The number of hydrogen-bond acceptors (Lipinski definition) is 3. The summed E-state index contributed by atoms with van der Waals surface area (Å²) in [7, 11) is 1.95. The van der Waals surface area contributed by atoms with Gasteiger partial charge >= 0.3 is 0 Å². The van der Waals surface area contributed by atoms with E-state index < -0.39 is 0 Å². The normalized spacial score (nSPS) is 13.0. The molecule has 1 atom stereocenters. The van der Waals surface area contributed by atoms with Crippen molar-refractivity contribution < 1.29 is 0 Å². The maximum absolute atomic E-state index is 8.84. The zero-order valence-corrected chi connectivity index (χ0v) is 11.2. The molecule has 0 saturated carbocycles. The summed E-state index contributed by atoms with van der Waals surface area (Å²) in [5.74, 6) is 0. The van der Waals surface area contributed by atoms with Gasteiger partial charge in [0.1, 0.15) is 0 Å². The van der Waals surface area contributed by atoms with Gasteiger partial charge in [-0.2, -0.15) is 10.4 Å². The van der Waals surface area contributed by atoms with Crippen molar-refractivity contribution in [3.8, 4) is 6.07 Å². The van der Waals surface area contributed by atoms with Gasteiger partial charge in [-0.05, 0) is 32.9 Å². The van der Waals surface area contributed by atoms with Gasteiger partial charge in [-0.25, -0.2) is 0 Å². The zero-order chi connectivity index (χ0) is 12.8. The summed E-state index contributed by atoms with van der Waals surface area (Å²) >= 11 is 0. The second kappa shape index (κ2) is 6.41. The van der Waals surface area contributed by atoms with Crippen molar-refractivity contribution >= 4 is 0 Å². The first-order chi connectivity index (χ1) is 8.12. The van der Waals surface area contributed by atoms with E-state index in [0.717, 1.165) is 25.1 Å². The van der Waals surface area contributed by atoms with Gasteiger partial charge in [-0.3, -0.25) is 9.58 Å². The molecule has 1 heterocycles. The van der Waals surface area contributed by atoms with Gasteiger partial charge in [0.05, 0.1) is 23.8 Å². The van der Waals surface area contributed by atoms with Crippen molar-refractivity contribution in [1.29, 1.82) is 5.26 Å². The molecule has 0 N–H and O–H groups in total. The van der Waals surface area contributed by atoms with E-state index in [1.165, 1.54) is 0 Å². The van der Waals surface area contributed by atoms with Crippen molar-refractivity contribution in [2.45, 2.75) is 52.2 Å². The number of hydrogen-bond donors (Lipinski definition) is 0. The van der Waals surface area contributed by atoms with Gasteiger partial charge in [0.15, 0.2) is 0 Å². The SMILES string of the molecule is CCC(CC)n1ccc(CN(C)C(C)C#N)n1. The molecule has 0 amide bonds. The molecular weight excluding hydrogens is 212 g/mol. The Kier molecular flexibility index (Phi) is 5.17. The lowest BCUT2D eigenvalue weighted by molar-refractivity contribution is 0.288. The molecule has 0 fully saturated rings. The van der Waals surface area contributed by atoms with Crippen LogP contribution in [-0.2, 0) is 6.54 Å². The summed E-state index contributed by atoms with van der Waals surface area (Å²) < 4.78 is 2.04. The lowest BCUT2D eigenvalue weighted by Crippen LogP contribution is -2.27. The minimum Gasteiger partial charge on any atom is -0.285 e. The van der Waals surface area contributed by atoms with Crippen molar-refractivity contribution in [2.24, 2.45) is 0 Å². The van der Waals surface area contributed by atoms with Crippen molar-refractivity contribution in [3.05, 3.63) is 18.0 Å². The fourth-order valence-electron chi connectivity index (χ4n) is 1.82. The Hall–Kier alpha value is -1.34. The highest BCUT2D eigenvalue weighted by Gasteiger charge is 2.12. The highest BCUT2D eigenvalue weighted by molar-refractivity contribution is 5.01. The van der Waals surface area contributed by atoms with Crippen LogP contribution in [-0.4, -0.2) is 27.8 Å². The molecule has 0 saturated heterocycles. The van der Waals surface area contributed by atoms with Gasteiger partial charge in [0.25, 0.3) is 0 Å². The Balaban J connectivity index is 2.66. The lowest BCUT2D eigenvalue weighted by atomic mass is 10.2. The molecule has 94 valence electrons. The van der Waals surface area contributed by atoms with Crippen LogP contribution < -0.4 is 0 Å². The number of nitriles is 1. The summed E-state index contributed by atoms with van der Waals surface area (Å²) in [6.07, 6.45) is 4.24. The third kappa shape index (κ3) is 3.57. The van der Waals surface area contributed by atoms with Gasteiger partial charge in [-0.15, -0.1) is 0 Å². The fraction of sp³-hybridized carbons (Fsp3) is 0.692. The lowest BCUT2D eigenvalue weighted by Gasteiger charge is -2.17. The smallest absolute Gasteiger partial charge is 0.0950 e. The van der Waals surface area contributed by atoms with Gasteiger partial charge in [-0.1, -0.05) is 13.8 Å². The van der Waals surface area contributed by atoms with Gasteiger partial charge in [0, 0.05) is 12.7 Å². The molecule has 0 radical (unpaired) electrons. The largest absolute Gasteiger partial charge is 0.285 e. The third-order valence-electron chi connectivity index (χ3n) is 3.24. The highest BCUT2D eigenvalue weighted by atomic mass is 15.3. The first-order valence-electron chi connectivity index (χ1n) is 6.26. The Bertz CT molecular complexity index is 373. The Morgan fingerprint density at radius 1 is 1.47 bits per heavy atom. The highest BCUT2D eigenvalue weighted by Crippen LogP contribution is 2.15. The number of nitrogens with zero attached hydrogens (tertiary/aromatic N) is 4. The van der Waals surface area contributed by atoms with Crippen LogP contribution >= 0.6 is 0 Å². The average Bonchev–Trinajstić information content (AvgIpc) is 2.78. The maximum atomic E-state index is 8.84. The molecule has 0 bridgehead atoms. The third-order valence-corrected chi connectivity index (χ3v) is 3.24. The van der Waals surface area contributed by atoms with Crippen LogP contribution in [0.15, 0.2) is 12.3 Å². The molecule has 1 aromatic heterocycles. The molecule has 0 spiro atoms. The zero-order valence-electron chi connectivity index (χ0n) is 11.2. The van der Waals surface area contributed by atoms with E-state index >= 15 is 0 Å². The molecule has 0 aliphatic heterocycles. The molecule has 0 aliphatic carbocycles. The standard InChI is InChI=1S/C13H22N4/c1-5-13(6-2)17-8-7-12(15-17)10-16(4)11(3)9-14/h7-8,11,13H,5-6,10H2,1-4H3. The Morgan fingerprint density at radius 2 is 2.12 bits per heavy atom. The van der Waals surface area contributed by atoms with E-state index in [-0.39, 0.29) is 6.04 Å². The van der Waals surface area contributed by atoms with Crippen LogP contribution in [0.3, 0.4) is 0 Å². The van der Waals surface area contributed by atoms with Crippen molar-refractivity contribution in [1.82, 2.24) is 14.7 Å². The molecule has 1 unspecified atom stereocenters. The molecule has 0 aromatic carbocycles. The van der Waals surface area contributed by atoms with E-state index in [2.05, 4.69) is 25.0 Å². The van der Waals surface area contributed by atoms with E-state index in [9.17, 15) is 0 Å². The second-order valence-corrected chi connectivity index (χ2v) is 4.48. The monoisotopic (exact) mass is 234 g/mol. The Labute approximate surface area is 104 Å². The molecule has 1 rings (SSSR count). The maximum Gasteiger partial charge on any atom is 0.0950 e. The number of rotatable bonds is 6. The number of aromatic nitrogens is 2. The minimum absolute atomic E-state index is 0.0757. The summed E-state index contributed by atoms with van der Waals surface area (Å²) in [6.45, 7) is 6.98. The summed E-state index contributed by atoms with van der Waals surface area (Å²) in [6, 6.07) is 4.68. The predicted molar refractivity (Wildman–Crippen MR) is 68.4 cm³/mol. The minimum atomic E-state index is -0.0757. The molecule has 4 nitrogen and oxygen atoms in total. The summed E-state index contributed by atoms with van der Waals surface area (Å²) in [5, 5.41) is 13.4. The average molecular weight is 234 g/mol. The van der Waals surface area contributed by atoms with Crippen LogP contribution in [0.25, 0.3) is 0 Å². The first-order valence-corrected chi connectivity index (χ1v) is 6.26. The summed E-state index contributed by atoms with van der Waals surface area (Å²) in [4.78, 5) is 2.00. The van der Waals surface area contributed by atoms with E-state index in [1.54, 1.807) is 0 Å². The van der Waals surface area contributed by atoms with E-state index in [1.807, 2.05) is 35.8 Å². The van der Waals surface area contributed by atoms with Gasteiger partial charge < -0.3 is 0 Å². The first kappa shape index (κ1) is 13.7. The van der Waals surface area contributed by atoms with Crippen LogP contribution in [0.1, 0.15) is 45.3 Å². The van der Waals surface area contributed by atoms with Gasteiger partial charge in [0.2, 0.25) is 0 Å². The molecule has 17 heavy (non-hydrogen) atoms. The van der Waals surface area contributed by atoms with E-state index in [0.29, 0.717) is 6.04 Å². The van der Waals surface area contributed by atoms with Crippen molar-refractivity contribution in [3.63, 3.8) is 0 Å². The van der Waals surface area contributed by atoms with Crippen LogP contribution in [0.5, 0.6) is 0 Å². The molecule has 4 heteroatoms. The molecule has 0 aliphatic rings. The van der Waals surface area contributed by atoms with Crippen molar-refractivity contribution in [2.75, 3.05) is 7.05 Å². The van der Waals surface area contributed by atoms with Crippen LogP contribution in [0.4, 0.5) is 0 Å². The summed E-state index contributed by atoms with van der Waals surface area (Å²) in [5.41, 5.74) is 1.03. The topological polar surface area (TPSA) is 44.9 Å². The van der Waals surface area contributed by atoms with Crippen LogP contribution in [0, 0.1) is 11.3 Å². The quantitative estimate of drug-likeness (QED) is 0.760. The fourth-order valence-corrected chi connectivity index (χ4v) is 1.82. The predicted octanol–water partition coefficient (Wildman–Crippen LogP) is 2.59. The molecule has 1 aromatic rings. The van der Waals surface area contributed by atoms with Crippen LogP contribution in [0.2, 0.25) is 0 Å². The molecular formula is C13H22N4.